The Balaban J connectivity index is 1.95. The summed E-state index contributed by atoms with van der Waals surface area (Å²) in [6.45, 7) is 4.11. The fourth-order valence-electron chi connectivity index (χ4n) is 3.22. The van der Waals surface area contributed by atoms with Gasteiger partial charge in [0.25, 0.3) is 5.56 Å². The van der Waals surface area contributed by atoms with E-state index in [1.165, 1.54) is 24.6 Å². The molecule has 128 valence electrons. The van der Waals surface area contributed by atoms with Gasteiger partial charge in [0.05, 0.1) is 0 Å². The third-order valence-electron chi connectivity index (χ3n) is 4.91. The highest BCUT2D eigenvalue weighted by Gasteiger charge is 2.24. The lowest BCUT2D eigenvalue weighted by Gasteiger charge is -2.33. The van der Waals surface area contributed by atoms with Gasteiger partial charge >= 0.3 is 0 Å². The van der Waals surface area contributed by atoms with Crippen LogP contribution in [-0.4, -0.2) is 40.1 Å². The summed E-state index contributed by atoms with van der Waals surface area (Å²) in [6, 6.07) is 0.357. The van der Waals surface area contributed by atoms with Crippen LogP contribution in [0, 0.1) is 12.8 Å². The van der Waals surface area contributed by atoms with E-state index in [0.717, 1.165) is 24.5 Å². The molecule has 23 heavy (non-hydrogen) atoms. The summed E-state index contributed by atoms with van der Waals surface area (Å²) in [7, 11) is 1.90. The molecular formula is C17H27N3O2S. The van der Waals surface area contributed by atoms with E-state index in [9.17, 15) is 9.59 Å². The van der Waals surface area contributed by atoms with Crippen LogP contribution in [-0.2, 0) is 11.2 Å². The Labute approximate surface area is 142 Å². The Bertz CT molecular complexity index is 606. The first-order valence-corrected chi connectivity index (χ1v) is 9.54. The molecule has 1 fully saturated rings. The van der Waals surface area contributed by atoms with Gasteiger partial charge in [-0.15, -0.1) is 0 Å². The maximum absolute atomic E-state index is 12.4. The van der Waals surface area contributed by atoms with Crippen LogP contribution in [0.15, 0.2) is 9.95 Å². The van der Waals surface area contributed by atoms with Crippen molar-refractivity contribution in [1.29, 1.82) is 0 Å². The van der Waals surface area contributed by atoms with E-state index < -0.39 is 0 Å². The van der Waals surface area contributed by atoms with Gasteiger partial charge in [0, 0.05) is 30.8 Å². The summed E-state index contributed by atoms with van der Waals surface area (Å²) in [6.07, 6.45) is 7.27. The van der Waals surface area contributed by atoms with E-state index in [-0.39, 0.29) is 11.5 Å². The minimum atomic E-state index is -0.121. The molecule has 1 N–H and O–H groups in total. The normalized spacial score (nSPS) is 21.2. The number of aromatic amines is 1. The van der Waals surface area contributed by atoms with Crippen molar-refractivity contribution in [3.63, 3.8) is 0 Å². The van der Waals surface area contributed by atoms with Gasteiger partial charge in [-0.25, -0.2) is 4.98 Å². The molecule has 1 aromatic heterocycles. The molecule has 0 radical (unpaired) electrons. The number of H-pyrrole nitrogens is 1. The number of hydrogen-bond acceptors (Lipinski definition) is 4. The zero-order chi connectivity index (χ0) is 17.0. The number of rotatable bonds is 5. The van der Waals surface area contributed by atoms with Crippen molar-refractivity contribution in [3.8, 4) is 0 Å². The van der Waals surface area contributed by atoms with Gasteiger partial charge in [0.1, 0.15) is 0 Å². The molecule has 1 heterocycles. The summed E-state index contributed by atoms with van der Waals surface area (Å²) < 4.78 is 0. The Morgan fingerprint density at radius 3 is 2.57 bits per heavy atom. The molecule has 0 spiro atoms. The number of aromatic nitrogens is 2. The lowest BCUT2D eigenvalue weighted by atomic mass is 9.86. The van der Waals surface area contributed by atoms with Gasteiger partial charge in [0.2, 0.25) is 5.91 Å². The molecule has 0 aromatic carbocycles. The third-order valence-corrected chi connectivity index (χ3v) is 5.49. The van der Waals surface area contributed by atoms with Gasteiger partial charge in [-0.3, -0.25) is 9.59 Å². The number of carbonyl (C=O) groups is 1. The van der Waals surface area contributed by atoms with Crippen molar-refractivity contribution < 1.29 is 4.79 Å². The van der Waals surface area contributed by atoms with Crippen LogP contribution in [0.25, 0.3) is 0 Å². The van der Waals surface area contributed by atoms with Gasteiger partial charge in [0.15, 0.2) is 5.16 Å². The van der Waals surface area contributed by atoms with Crippen LogP contribution in [0.1, 0.15) is 50.3 Å². The number of aryl methyl sites for hydroxylation is 1. The molecule has 0 saturated heterocycles. The van der Waals surface area contributed by atoms with Gasteiger partial charge in [-0.2, -0.15) is 0 Å². The molecule has 2 rings (SSSR count). The summed E-state index contributed by atoms with van der Waals surface area (Å²) in [4.78, 5) is 33.5. The van der Waals surface area contributed by atoms with Crippen LogP contribution in [0.3, 0.4) is 0 Å². The highest BCUT2D eigenvalue weighted by Crippen LogP contribution is 2.26. The van der Waals surface area contributed by atoms with E-state index in [2.05, 4.69) is 16.9 Å². The molecule has 0 bridgehead atoms. The largest absolute Gasteiger partial charge is 0.343 e. The average Bonchev–Trinajstić information content (AvgIpc) is 2.53. The minimum Gasteiger partial charge on any atom is -0.343 e. The number of hydrogen-bond donors (Lipinski definition) is 1. The quantitative estimate of drug-likeness (QED) is 0.663. The Hall–Kier alpha value is -1.30. The van der Waals surface area contributed by atoms with E-state index in [1.807, 2.05) is 25.1 Å². The van der Waals surface area contributed by atoms with Crippen LogP contribution in [0.2, 0.25) is 0 Å². The SMILES string of the molecule is CSc1nc(C)c(CCC(=O)N(C)C2CCC(C)CC2)c(=O)[nH]1. The number of carbonyl (C=O) groups excluding carboxylic acids is 1. The van der Waals surface area contributed by atoms with Crippen LogP contribution in [0.4, 0.5) is 0 Å². The van der Waals surface area contributed by atoms with E-state index in [0.29, 0.717) is 29.6 Å². The van der Waals surface area contributed by atoms with Crippen LogP contribution >= 0.6 is 11.8 Å². The third kappa shape index (κ3) is 4.59. The first-order valence-electron chi connectivity index (χ1n) is 8.31. The number of thioether (sulfide) groups is 1. The lowest BCUT2D eigenvalue weighted by molar-refractivity contribution is -0.132. The fourth-order valence-corrected chi connectivity index (χ4v) is 3.64. The van der Waals surface area contributed by atoms with Gasteiger partial charge in [-0.1, -0.05) is 18.7 Å². The monoisotopic (exact) mass is 337 g/mol. The van der Waals surface area contributed by atoms with E-state index >= 15 is 0 Å². The molecule has 0 aliphatic heterocycles. The van der Waals surface area contributed by atoms with E-state index in [1.54, 1.807) is 0 Å². The first kappa shape index (κ1) is 18.0. The zero-order valence-corrected chi connectivity index (χ0v) is 15.3. The fraction of sp³-hybridized carbons (Fsp3) is 0.706. The number of nitrogens with one attached hydrogen (secondary N) is 1. The molecule has 5 nitrogen and oxygen atoms in total. The molecule has 0 unspecified atom stereocenters. The van der Waals surface area contributed by atoms with Crippen LogP contribution < -0.4 is 5.56 Å². The van der Waals surface area contributed by atoms with E-state index in [4.69, 9.17) is 0 Å². The van der Waals surface area contributed by atoms with Crippen molar-refractivity contribution in [2.24, 2.45) is 5.92 Å². The zero-order valence-electron chi connectivity index (χ0n) is 14.5. The van der Waals surface area contributed by atoms with Gasteiger partial charge < -0.3 is 9.88 Å². The molecule has 1 aliphatic rings. The van der Waals surface area contributed by atoms with Crippen molar-refractivity contribution in [1.82, 2.24) is 14.9 Å². The second kappa shape index (κ2) is 7.99. The Morgan fingerprint density at radius 2 is 2.00 bits per heavy atom. The molecular weight excluding hydrogens is 310 g/mol. The topological polar surface area (TPSA) is 66.1 Å². The average molecular weight is 337 g/mol. The predicted octanol–water partition coefficient (Wildman–Crippen LogP) is 2.77. The van der Waals surface area contributed by atoms with Crippen LogP contribution in [0.5, 0.6) is 0 Å². The Kier molecular flexibility index (Phi) is 6.27. The highest BCUT2D eigenvalue weighted by atomic mass is 32.2. The van der Waals surface area contributed by atoms with Crippen molar-refractivity contribution in [2.45, 2.75) is 63.6 Å². The van der Waals surface area contributed by atoms with Gasteiger partial charge in [-0.05, 0) is 51.2 Å². The maximum atomic E-state index is 12.4. The summed E-state index contributed by atoms with van der Waals surface area (Å²) in [5, 5.41) is 0.621. The molecule has 1 amide bonds. The summed E-state index contributed by atoms with van der Waals surface area (Å²) >= 11 is 1.41. The summed E-state index contributed by atoms with van der Waals surface area (Å²) in [5.41, 5.74) is 1.23. The van der Waals surface area contributed by atoms with Crippen molar-refractivity contribution >= 4 is 17.7 Å². The molecule has 1 saturated carbocycles. The van der Waals surface area contributed by atoms with Crippen molar-refractivity contribution in [3.05, 3.63) is 21.6 Å². The predicted molar refractivity (Wildman–Crippen MR) is 93.9 cm³/mol. The lowest BCUT2D eigenvalue weighted by Crippen LogP contribution is -2.39. The molecule has 0 atom stereocenters. The maximum Gasteiger partial charge on any atom is 0.254 e. The molecule has 1 aromatic rings. The molecule has 6 heteroatoms. The number of amides is 1. The second-order valence-corrected chi connectivity index (χ2v) is 7.35. The number of nitrogens with zero attached hydrogens (tertiary/aromatic N) is 2. The minimum absolute atomic E-state index is 0.121. The second-order valence-electron chi connectivity index (χ2n) is 6.56. The Morgan fingerprint density at radius 1 is 1.35 bits per heavy atom. The van der Waals surface area contributed by atoms with Crippen molar-refractivity contribution in [2.75, 3.05) is 13.3 Å². The first-order chi connectivity index (χ1) is 10.9. The highest BCUT2D eigenvalue weighted by molar-refractivity contribution is 7.98. The summed E-state index contributed by atoms with van der Waals surface area (Å²) in [5.74, 6) is 0.897. The standard InChI is InChI=1S/C17H27N3O2S/c1-11-5-7-13(8-6-11)20(3)15(21)10-9-14-12(2)18-17(23-4)19-16(14)22/h11,13H,5-10H2,1-4H3,(H,18,19,22). The molecule has 1 aliphatic carbocycles. The smallest absolute Gasteiger partial charge is 0.254 e.